The molecule has 1 aromatic rings. The zero-order chi connectivity index (χ0) is 15.3. The number of rotatable bonds is 6. The van der Waals surface area contributed by atoms with Gasteiger partial charge in [-0.05, 0) is 56.6 Å². The van der Waals surface area contributed by atoms with E-state index in [4.69, 9.17) is 4.74 Å². The van der Waals surface area contributed by atoms with Crippen LogP contribution in [0.1, 0.15) is 24.8 Å². The summed E-state index contributed by atoms with van der Waals surface area (Å²) in [6, 6.07) is 5.00. The Morgan fingerprint density at radius 2 is 1.95 bits per heavy atom. The Balaban J connectivity index is 1.94. The number of hydrogen-bond acceptors (Lipinski definition) is 4. The molecule has 1 aliphatic heterocycles. The van der Waals surface area contributed by atoms with E-state index in [-0.39, 0.29) is 0 Å². The molecule has 0 bridgehead atoms. The Kier molecular flexibility index (Phi) is 5.61. The third-order valence-electron chi connectivity index (χ3n) is 3.84. The highest BCUT2D eigenvalue weighted by Gasteiger charge is 2.17. The number of benzene rings is 1. The van der Waals surface area contributed by atoms with E-state index in [0.29, 0.717) is 22.8 Å². The van der Waals surface area contributed by atoms with E-state index in [1.165, 1.54) is 19.3 Å². The molecule has 1 aromatic carbocycles. The van der Waals surface area contributed by atoms with Gasteiger partial charge < -0.3 is 9.64 Å². The molecule has 21 heavy (non-hydrogen) atoms. The van der Waals surface area contributed by atoms with Gasteiger partial charge in [0.15, 0.2) is 0 Å². The maximum Gasteiger partial charge on any atom is 0.240 e. The van der Waals surface area contributed by atoms with Gasteiger partial charge in [-0.1, -0.05) is 6.42 Å². The molecule has 0 saturated carbocycles. The first-order valence-electron chi connectivity index (χ1n) is 7.39. The fourth-order valence-electron chi connectivity index (χ4n) is 2.65. The van der Waals surface area contributed by atoms with Crippen molar-refractivity contribution < 1.29 is 13.2 Å². The van der Waals surface area contributed by atoms with E-state index in [9.17, 15) is 8.42 Å². The van der Waals surface area contributed by atoms with Crippen molar-refractivity contribution in [3.8, 4) is 5.75 Å². The third kappa shape index (κ3) is 4.43. The first-order chi connectivity index (χ1) is 10.0. The first-order valence-corrected chi connectivity index (χ1v) is 8.88. The maximum absolute atomic E-state index is 12.3. The van der Waals surface area contributed by atoms with Crippen molar-refractivity contribution in [1.82, 2.24) is 9.62 Å². The second-order valence-electron chi connectivity index (χ2n) is 5.43. The van der Waals surface area contributed by atoms with Gasteiger partial charge in [0.05, 0.1) is 12.0 Å². The Morgan fingerprint density at radius 1 is 1.24 bits per heavy atom. The van der Waals surface area contributed by atoms with Crippen LogP contribution in [0.15, 0.2) is 23.1 Å². The van der Waals surface area contributed by atoms with E-state index in [1.54, 1.807) is 32.2 Å². The third-order valence-corrected chi connectivity index (χ3v) is 5.46. The zero-order valence-corrected chi connectivity index (χ0v) is 13.6. The number of sulfonamides is 1. The molecule has 1 N–H and O–H groups in total. The van der Waals surface area contributed by atoms with E-state index in [2.05, 4.69) is 9.62 Å². The zero-order valence-electron chi connectivity index (χ0n) is 12.8. The average Bonchev–Trinajstić information content (AvgIpc) is 2.47. The highest BCUT2D eigenvalue weighted by atomic mass is 32.2. The van der Waals surface area contributed by atoms with Crippen molar-refractivity contribution in [3.05, 3.63) is 23.8 Å². The summed E-state index contributed by atoms with van der Waals surface area (Å²) in [4.78, 5) is 2.63. The van der Waals surface area contributed by atoms with Gasteiger partial charge in [0.1, 0.15) is 5.75 Å². The van der Waals surface area contributed by atoms with Crippen molar-refractivity contribution in [1.29, 1.82) is 0 Å². The second-order valence-corrected chi connectivity index (χ2v) is 7.17. The summed E-state index contributed by atoms with van der Waals surface area (Å²) in [6.07, 6.45) is 3.71. The summed E-state index contributed by atoms with van der Waals surface area (Å²) in [5, 5.41) is 0. The number of hydrogen-bond donors (Lipinski definition) is 1. The first kappa shape index (κ1) is 16.3. The van der Waals surface area contributed by atoms with Crippen LogP contribution in [0.5, 0.6) is 5.75 Å². The standard InChI is InChI=1S/C15H24N2O3S/c1-13-12-14(20-2)6-7-15(13)21(18,19)16-8-11-17-9-4-3-5-10-17/h6-7,12,16H,3-5,8-11H2,1-2H3. The van der Waals surface area contributed by atoms with Crippen molar-refractivity contribution >= 4 is 10.0 Å². The van der Waals surface area contributed by atoms with Crippen LogP contribution >= 0.6 is 0 Å². The number of methoxy groups -OCH3 is 1. The van der Waals surface area contributed by atoms with Crippen LogP contribution in [0, 0.1) is 6.92 Å². The van der Waals surface area contributed by atoms with Crippen molar-refractivity contribution in [3.63, 3.8) is 0 Å². The molecular weight excluding hydrogens is 288 g/mol. The van der Waals surface area contributed by atoms with Gasteiger partial charge in [0.25, 0.3) is 0 Å². The van der Waals surface area contributed by atoms with E-state index < -0.39 is 10.0 Å². The van der Waals surface area contributed by atoms with Crippen LogP contribution in [0.4, 0.5) is 0 Å². The molecule has 0 unspecified atom stereocenters. The quantitative estimate of drug-likeness (QED) is 0.870. The molecule has 1 fully saturated rings. The Bertz CT molecular complexity index is 566. The Labute approximate surface area is 127 Å². The smallest absolute Gasteiger partial charge is 0.240 e. The summed E-state index contributed by atoms with van der Waals surface area (Å²) in [6.45, 7) is 5.15. The summed E-state index contributed by atoms with van der Waals surface area (Å²) in [5.74, 6) is 0.666. The number of ether oxygens (including phenoxy) is 1. The molecule has 5 nitrogen and oxygen atoms in total. The Hall–Kier alpha value is -1.11. The normalized spacial score (nSPS) is 16.9. The van der Waals surface area contributed by atoms with Crippen LogP contribution in [0.3, 0.4) is 0 Å². The fraction of sp³-hybridized carbons (Fsp3) is 0.600. The van der Waals surface area contributed by atoms with Crippen molar-refractivity contribution in [2.24, 2.45) is 0 Å². The molecule has 2 rings (SSSR count). The molecular formula is C15H24N2O3S. The van der Waals surface area contributed by atoms with Crippen LogP contribution in [0.2, 0.25) is 0 Å². The topological polar surface area (TPSA) is 58.6 Å². The maximum atomic E-state index is 12.3. The molecule has 0 atom stereocenters. The number of nitrogens with zero attached hydrogens (tertiary/aromatic N) is 1. The lowest BCUT2D eigenvalue weighted by atomic mass is 10.1. The minimum Gasteiger partial charge on any atom is -0.497 e. The predicted molar refractivity (Wildman–Crippen MR) is 83.2 cm³/mol. The molecule has 0 spiro atoms. The van der Waals surface area contributed by atoms with Crippen LogP contribution in [0.25, 0.3) is 0 Å². The average molecular weight is 312 g/mol. The number of likely N-dealkylation sites (tertiary alicyclic amines) is 1. The molecule has 1 aliphatic rings. The predicted octanol–water partition coefficient (Wildman–Crippen LogP) is 1.77. The van der Waals surface area contributed by atoms with Crippen molar-refractivity contribution in [2.75, 3.05) is 33.3 Å². The molecule has 0 amide bonds. The van der Waals surface area contributed by atoms with Crippen LogP contribution in [-0.4, -0.2) is 46.6 Å². The lowest BCUT2D eigenvalue weighted by molar-refractivity contribution is 0.233. The number of aryl methyl sites for hydroxylation is 1. The number of piperidine rings is 1. The van der Waals surface area contributed by atoms with E-state index >= 15 is 0 Å². The van der Waals surface area contributed by atoms with Gasteiger partial charge >= 0.3 is 0 Å². The molecule has 1 saturated heterocycles. The lowest BCUT2D eigenvalue weighted by Crippen LogP contribution is -2.37. The van der Waals surface area contributed by atoms with Gasteiger partial charge in [-0.25, -0.2) is 13.1 Å². The minimum atomic E-state index is -3.45. The summed E-state index contributed by atoms with van der Waals surface area (Å²) in [5.41, 5.74) is 0.694. The molecule has 6 heteroatoms. The highest BCUT2D eigenvalue weighted by Crippen LogP contribution is 2.20. The van der Waals surface area contributed by atoms with Crippen LogP contribution < -0.4 is 9.46 Å². The fourth-order valence-corrected chi connectivity index (χ4v) is 3.89. The minimum absolute atomic E-state index is 0.321. The molecule has 0 radical (unpaired) electrons. The van der Waals surface area contributed by atoms with Gasteiger partial charge in [0, 0.05) is 13.1 Å². The van der Waals surface area contributed by atoms with E-state index in [0.717, 1.165) is 19.6 Å². The van der Waals surface area contributed by atoms with Gasteiger partial charge in [-0.3, -0.25) is 0 Å². The van der Waals surface area contributed by atoms with Crippen LogP contribution in [-0.2, 0) is 10.0 Å². The van der Waals surface area contributed by atoms with Gasteiger partial charge in [-0.2, -0.15) is 0 Å². The largest absolute Gasteiger partial charge is 0.497 e. The summed E-state index contributed by atoms with van der Waals surface area (Å²) >= 11 is 0. The molecule has 0 aromatic heterocycles. The van der Waals surface area contributed by atoms with Gasteiger partial charge in [-0.15, -0.1) is 0 Å². The SMILES string of the molecule is COc1ccc(S(=O)(=O)NCCN2CCCCC2)c(C)c1. The monoisotopic (exact) mass is 312 g/mol. The number of nitrogens with one attached hydrogen (secondary N) is 1. The summed E-state index contributed by atoms with van der Waals surface area (Å²) in [7, 11) is -1.88. The molecule has 0 aliphatic carbocycles. The summed E-state index contributed by atoms with van der Waals surface area (Å²) < 4.78 is 32.4. The second kappa shape index (κ2) is 7.24. The van der Waals surface area contributed by atoms with E-state index in [1.807, 2.05) is 0 Å². The lowest BCUT2D eigenvalue weighted by Gasteiger charge is -2.26. The van der Waals surface area contributed by atoms with Crippen molar-refractivity contribution in [2.45, 2.75) is 31.1 Å². The highest BCUT2D eigenvalue weighted by molar-refractivity contribution is 7.89. The van der Waals surface area contributed by atoms with Gasteiger partial charge in [0.2, 0.25) is 10.0 Å². The molecule has 118 valence electrons. The Morgan fingerprint density at radius 3 is 2.57 bits per heavy atom. The molecule has 1 heterocycles.